The van der Waals surface area contributed by atoms with Crippen molar-refractivity contribution >= 4 is 5.57 Å². The summed E-state index contributed by atoms with van der Waals surface area (Å²) in [4.78, 5) is 0. The van der Waals surface area contributed by atoms with E-state index in [-0.39, 0.29) is 5.41 Å². The monoisotopic (exact) mass is 306 g/mol. The van der Waals surface area contributed by atoms with Gasteiger partial charge in [-0.15, -0.1) is 0 Å². The van der Waals surface area contributed by atoms with Crippen LogP contribution in [-0.4, -0.2) is 14.2 Å². The Bertz CT molecular complexity index is 803. The van der Waals surface area contributed by atoms with Crippen LogP contribution in [0.4, 0.5) is 0 Å². The van der Waals surface area contributed by atoms with Crippen molar-refractivity contribution in [3.63, 3.8) is 0 Å². The van der Waals surface area contributed by atoms with Gasteiger partial charge in [-0.25, -0.2) is 0 Å². The zero-order chi connectivity index (χ0) is 16.0. The van der Waals surface area contributed by atoms with Crippen LogP contribution >= 0.6 is 0 Å². The number of rotatable bonds is 2. The number of hydrogen-bond acceptors (Lipinski definition) is 2. The molecule has 1 atom stereocenters. The molecule has 0 N–H and O–H groups in total. The van der Waals surface area contributed by atoms with Gasteiger partial charge in [0.05, 0.1) is 14.2 Å². The van der Waals surface area contributed by atoms with E-state index in [2.05, 4.69) is 49.4 Å². The first-order valence-corrected chi connectivity index (χ1v) is 8.17. The summed E-state index contributed by atoms with van der Waals surface area (Å²) in [5.41, 5.74) is 7.29. The standard InChI is InChI=1S/C21H22O2/c1-21-12-15-10-17(22-2)6-4-14(15)5-9-20(21)19-8-7-18(23-3)11-16(19)13-21/h4,6-11H,5,12-13H2,1-3H3. The van der Waals surface area contributed by atoms with Crippen molar-refractivity contribution in [3.05, 3.63) is 64.7 Å². The molecule has 2 heteroatoms. The Morgan fingerprint density at radius 3 is 2.22 bits per heavy atom. The Morgan fingerprint density at radius 1 is 0.826 bits per heavy atom. The highest BCUT2D eigenvalue weighted by Gasteiger charge is 2.39. The first-order valence-electron chi connectivity index (χ1n) is 8.17. The second-order valence-electron chi connectivity index (χ2n) is 6.89. The number of allylic oxidation sites excluding steroid dienone is 2. The van der Waals surface area contributed by atoms with Gasteiger partial charge in [0.15, 0.2) is 0 Å². The topological polar surface area (TPSA) is 18.5 Å². The van der Waals surface area contributed by atoms with Gasteiger partial charge in [-0.1, -0.05) is 25.1 Å². The number of benzene rings is 2. The van der Waals surface area contributed by atoms with Crippen LogP contribution in [0.5, 0.6) is 11.5 Å². The molecule has 0 aliphatic heterocycles. The van der Waals surface area contributed by atoms with Gasteiger partial charge in [0.2, 0.25) is 0 Å². The Hall–Kier alpha value is -2.22. The van der Waals surface area contributed by atoms with Crippen molar-refractivity contribution < 1.29 is 9.47 Å². The van der Waals surface area contributed by atoms with E-state index >= 15 is 0 Å². The van der Waals surface area contributed by atoms with Gasteiger partial charge >= 0.3 is 0 Å². The van der Waals surface area contributed by atoms with Gasteiger partial charge in [-0.2, -0.15) is 0 Å². The first-order chi connectivity index (χ1) is 11.1. The summed E-state index contributed by atoms with van der Waals surface area (Å²) >= 11 is 0. The van der Waals surface area contributed by atoms with Crippen LogP contribution in [0.3, 0.4) is 0 Å². The molecule has 0 fully saturated rings. The maximum absolute atomic E-state index is 5.42. The molecule has 0 heterocycles. The number of methoxy groups -OCH3 is 2. The third-order valence-corrected chi connectivity index (χ3v) is 5.35. The molecule has 0 saturated heterocycles. The summed E-state index contributed by atoms with van der Waals surface area (Å²) in [6.45, 7) is 2.39. The van der Waals surface area contributed by atoms with Crippen LogP contribution in [0.15, 0.2) is 42.5 Å². The number of ether oxygens (including phenoxy) is 2. The minimum Gasteiger partial charge on any atom is -0.497 e. The molecular formula is C21H22O2. The van der Waals surface area contributed by atoms with Crippen molar-refractivity contribution in [2.75, 3.05) is 14.2 Å². The van der Waals surface area contributed by atoms with E-state index in [0.29, 0.717) is 0 Å². The second-order valence-corrected chi connectivity index (χ2v) is 6.89. The molecule has 1 unspecified atom stereocenters. The van der Waals surface area contributed by atoms with E-state index in [1.807, 2.05) is 0 Å². The fourth-order valence-electron chi connectivity index (χ4n) is 4.19. The van der Waals surface area contributed by atoms with E-state index < -0.39 is 0 Å². The molecule has 2 aromatic rings. The quantitative estimate of drug-likeness (QED) is 0.816. The molecule has 2 aliphatic carbocycles. The molecule has 0 saturated carbocycles. The number of hydrogen-bond donors (Lipinski definition) is 0. The molecule has 118 valence electrons. The predicted octanol–water partition coefficient (Wildman–Crippen LogP) is 4.45. The van der Waals surface area contributed by atoms with E-state index in [1.165, 1.54) is 27.8 Å². The van der Waals surface area contributed by atoms with Gasteiger partial charge in [-0.05, 0) is 71.4 Å². The normalized spacial score (nSPS) is 21.6. The Kier molecular flexibility index (Phi) is 3.22. The lowest BCUT2D eigenvalue weighted by Crippen LogP contribution is -2.18. The SMILES string of the molecule is COc1ccc2c(c1)CC1(C)Cc3cc(OC)ccc3C1=CC2. The Labute approximate surface area is 137 Å². The molecule has 0 aromatic heterocycles. The summed E-state index contributed by atoms with van der Waals surface area (Å²) in [6, 6.07) is 13.0. The predicted molar refractivity (Wildman–Crippen MR) is 93.2 cm³/mol. The highest BCUT2D eigenvalue weighted by molar-refractivity contribution is 5.79. The van der Waals surface area contributed by atoms with Gasteiger partial charge in [0.1, 0.15) is 11.5 Å². The fraction of sp³-hybridized carbons (Fsp3) is 0.333. The van der Waals surface area contributed by atoms with Crippen LogP contribution in [0.2, 0.25) is 0 Å². The molecule has 4 rings (SSSR count). The largest absolute Gasteiger partial charge is 0.497 e. The molecule has 2 nitrogen and oxygen atoms in total. The second kappa shape index (κ2) is 5.16. The lowest BCUT2D eigenvalue weighted by molar-refractivity contribution is 0.411. The van der Waals surface area contributed by atoms with Crippen LogP contribution < -0.4 is 9.47 Å². The van der Waals surface area contributed by atoms with Crippen molar-refractivity contribution in [1.29, 1.82) is 0 Å². The minimum atomic E-state index is 0.159. The van der Waals surface area contributed by atoms with E-state index in [4.69, 9.17) is 9.47 Å². The van der Waals surface area contributed by atoms with Crippen LogP contribution in [0.25, 0.3) is 5.57 Å². The van der Waals surface area contributed by atoms with E-state index in [9.17, 15) is 0 Å². The van der Waals surface area contributed by atoms with Crippen molar-refractivity contribution in [2.24, 2.45) is 5.41 Å². The smallest absolute Gasteiger partial charge is 0.119 e. The summed E-state index contributed by atoms with van der Waals surface area (Å²) in [5, 5.41) is 0. The molecular weight excluding hydrogens is 284 g/mol. The summed E-state index contributed by atoms with van der Waals surface area (Å²) in [6.07, 6.45) is 5.55. The molecule has 2 aliphatic rings. The average Bonchev–Trinajstić information content (AvgIpc) is 2.74. The Balaban J connectivity index is 1.79. The lowest BCUT2D eigenvalue weighted by Gasteiger charge is -2.26. The van der Waals surface area contributed by atoms with Crippen LogP contribution in [-0.2, 0) is 19.3 Å². The van der Waals surface area contributed by atoms with E-state index in [0.717, 1.165) is 30.8 Å². The van der Waals surface area contributed by atoms with Gasteiger partial charge in [0, 0.05) is 5.41 Å². The zero-order valence-electron chi connectivity index (χ0n) is 14.0. The van der Waals surface area contributed by atoms with Gasteiger partial charge in [-0.3, -0.25) is 0 Å². The molecule has 0 bridgehead atoms. The Morgan fingerprint density at radius 2 is 1.48 bits per heavy atom. The fourth-order valence-corrected chi connectivity index (χ4v) is 4.19. The highest BCUT2D eigenvalue weighted by atomic mass is 16.5. The molecule has 0 radical (unpaired) electrons. The highest BCUT2D eigenvalue weighted by Crippen LogP contribution is 2.51. The molecule has 0 spiro atoms. The summed E-state index contributed by atoms with van der Waals surface area (Å²) in [7, 11) is 3.47. The zero-order valence-corrected chi connectivity index (χ0v) is 14.0. The van der Waals surface area contributed by atoms with Crippen LogP contribution in [0, 0.1) is 5.41 Å². The first kappa shape index (κ1) is 14.4. The van der Waals surface area contributed by atoms with Crippen LogP contribution in [0.1, 0.15) is 29.2 Å². The number of fused-ring (bicyclic) bond motifs is 4. The van der Waals surface area contributed by atoms with E-state index in [1.54, 1.807) is 14.2 Å². The third kappa shape index (κ3) is 2.24. The third-order valence-electron chi connectivity index (χ3n) is 5.35. The van der Waals surface area contributed by atoms with Crippen molar-refractivity contribution in [1.82, 2.24) is 0 Å². The average molecular weight is 306 g/mol. The summed E-state index contributed by atoms with van der Waals surface area (Å²) in [5.74, 6) is 1.90. The maximum Gasteiger partial charge on any atom is 0.119 e. The van der Waals surface area contributed by atoms with Crippen molar-refractivity contribution in [3.8, 4) is 11.5 Å². The minimum absolute atomic E-state index is 0.159. The molecule has 0 amide bonds. The van der Waals surface area contributed by atoms with Crippen molar-refractivity contribution in [2.45, 2.75) is 26.2 Å². The molecule has 2 aromatic carbocycles. The molecule has 23 heavy (non-hydrogen) atoms. The summed E-state index contributed by atoms with van der Waals surface area (Å²) < 4.78 is 10.8. The maximum atomic E-state index is 5.42. The van der Waals surface area contributed by atoms with Gasteiger partial charge in [0.25, 0.3) is 0 Å². The lowest BCUT2D eigenvalue weighted by atomic mass is 9.78. The van der Waals surface area contributed by atoms with Gasteiger partial charge < -0.3 is 9.47 Å².